The molecule has 0 unspecified atom stereocenters. The summed E-state index contributed by atoms with van der Waals surface area (Å²) >= 11 is 1.41. The lowest BCUT2D eigenvalue weighted by atomic mass is 9.89. The zero-order chi connectivity index (χ0) is 23.8. The standard InChI is InChI=1S/C27H25FN4O2S/c28-21-10-8-20(9-11-21)23(31-14-12-19(13-15-31)17-18-5-2-1-3-6-18)24-26(33)32-27(35-24)29-25(30-32)22-7-4-16-34-22/h1-11,16,19,23,33H,12-15,17H2/t23-/m1/s1. The van der Waals surface area contributed by atoms with Gasteiger partial charge in [0.05, 0.1) is 17.2 Å². The Morgan fingerprint density at radius 3 is 2.49 bits per heavy atom. The molecule has 0 amide bonds. The van der Waals surface area contributed by atoms with Gasteiger partial charge in [0.2, 0.25) is 16.7 Å². The first-order valence-corrected chi connectivity index (χ1v) is 12.6. The zero-order valence-corrected chi connectivity index (χ0v) is 19.9. The van der Waals surface area contributed by atoms with Crippen molar-refractivity contribution < 1.29 is 13.9 Å². The molecule has 0 aliphatic carbocycles. The van der Waals surface area contributed by atoms with Crippen molar-refractivity contribution in [3.8, 4) is 17.5 Å². The van der Waals surface area contributed by atoms with Crippen LogP contribution in [0.4, 0.5) is 4.39 Å². The molecule has 178 valence electrons. The van der Waals surface area contributed by atoms with E-state index < -0.39 is 0 Å². The van der Waals surface area contributed by atoms with Crippen molar-refractivity contribution in [1.82, 2.24) is 19.5 Å². The molecule has 6 rings (SSSR count). The van der Waals surface area contributed by atoms with Crippen molar-refractivity contribution in [2.24, 2.45) is 5.92 Å². The van der Waals surface area contributed by atoms with Crippen LogP contribution in [0.25, 0.3) is 16.5 Å². The molecule has 1 atom stereocenters. The van der Waals surface area contributed by atoms with Gasteiger partial charge in [0.1, 0.15) is 5.82 Å². The maximum absolute atomic E-state index is 13.7. The summed E-state index contributed by atoms with van der Waals surface area (Å²) in [5, 5.41) is 15.7. The van der Waals surface area contributed by atoms with Gasteiger partial charge >= 0.3 is 0 Å². The van der Waals surface area contributed by atoms with E-state index in [1.54, 1.807) is 30.5 Å². The Labute approximate surface area is 206 Å². The third kappa shape index (κ3) is 4.35. The molecule has 1 aliphatic heterocycles. The smallest absolute Gasteiger partial charge is 0.230 e. The molecule has 6 nitrogen and oxygen atoms in total. The number of furan rings is 1. The molecule has 4 heterocycles. The zero-order valence-electron chi connectivity index (χ0n) is 19.0. The Kier molecular flexibility index (Phi) is 5.83. The fraction of sp³-hybridized carbons (Fsp3) is 0.259. The second-order valence-corrected chi connectivity index (χ2v) is 10.0. The van der Waals surface area contributed by atoms with Gasteiger partial charge in [-0.1, -0.05) is 53.8 Å². The fourth-order valence-electron chi connectivity index (χ4n) is 4.97. The number of aromatic hydroxyl groups is 1. The Hall–Kier alpha value is -3.49. The monoisotopic (exact) mass is 488 g/mol. The lowest BCUT2D eigenvalue weighted by molar-refractivity contribution is 0.150. The molecule has 35 heavy (non-hydrogen) atoms. The predicted molar refractivity (Wildman–Crippen MR) is 133 cm³/mol. The first-order valence-electron chi connectivity index (χ1n) is 11.8. The summed E-state index contributed by atoms with van der Waals surface area (Å²) in [5.41, 5.74) is 2.32. The van der Waals surface area contributed by atoms with Crippen LogP contribution in [0.1, 0.15) is 34.9 Å². The molecule has 2 aromatic carbocycles. The lowest BCUT2D eigenvalue weighted by Gasteiger charge is -2.37. The summed E-state index contributed by atoms with van der Waals surface area (Å²) in [4.78, 5) is 8.31. The molecule has 8 heteroatoms. The highest BCUT2D eigenvalue weighted by atomic mass is 32.1. The molecule has 0 radical (unpaired) electrons. The highest BCUT2D eigenvalue weighted by molar-refractivity contribution is 7.17. The second-order valence-electron chi connectivity index (χ2n) is 9.02. The first-order chi connectivity index (χ1) is 17.2. The van der Waals surface area contributed by atoms with Crippen LogP contribution in [0.15, 0.2) is 77.4 Å². The number of fused-ring (bicyclic) bond motifs is 1. The number of halogens is 1. The van der Waals surface area contributed by atoms with Crippen molar-refractivity contribution in [3.05, 3.63) is 94.8 Å². The van der Waals surface area contributed by atoms with Crippen molar-refractivity contribution in [1.29, 1.82) is 0 Å². The van der Waals surface area contributed by atoms with E-state index in [9.17, 15) is 9.50 Å². The summed E-state index contributed by atoms with van der Waals surface area (Å²) < 4.78 is 20.6. The van der Waals surface area contributed by atoms with Crippen LogP contribution >= 0.6 is 11.3 Å². The van der Waals surface area contributed by atoms with E-state index in [1.165, 1.54) is 33.5 Å². The third-order valence-corrected chi connectivity index (χ3v) is 7.83. The van der Waals surface area contributed by atoms with Crippen LogP contribution in [0, 0.1) is 11.7 Å². The number of likely N-dealkylation sites (tertiary alicyclic amines) is 1. The summed E-state index contributed by atoms with van der Waals surface area (Å²) in [6.45, 7) is 1.79. The summed E-state index contributed by atoms with van der Waals surface area (Å²) in [7, 11) is 0. The SMILES string of the molecule is Oc1c([C@@H](c2ccc(F)cc2)N2CCC(Cc3ccccc3)CC2)sc2nc(-c3ccco3)nn12. The normalized spacial score (nSPS) is 16.1. The maximum Gasteiger partial charge on any atom is 0.230 e. The Balaban J connectivity index is 1.29. The number of benzene rings is 2. The van der Waals surface area contributed by atoms with Crippen LogP contribution in [-0.2, 0) is 6.42 Å². The second kappa shape index (κ2) is 9.28. The van der Waals surface area contributed by atoms with E-state index in [0.717, 1.165) is 42.8 Å². The molecule has 5 aromatic rings. The molecular weight excluding hydrogens is 463 g/mol. The summed E-state index contributed by atoms with van der Waals surface area (Å²) in [6.07, 6.45) is 4.78. The number of aromatic nitrogens is 3. The van der Waals surface area contributed by atoms with E-state index in [1.807, 2.05) is 0 Å². The Morgan fingerprint density at radius 2 is 1.80 bits per heavy atom. The topological polar surface area (TPSA) is 66.8 Å². The summed E-state index contributed by atoms with van der Waals surface area (Å²) in [6, 6.07) is 20.6. The minimum atomic E-state index is -0.274. The summed E-state index contributed by atoms with van der Waals surface area (Å²) in [5.74, 6) is 1.40. The molecule has 1 saturated heterocycles. The Morgan fingerprint density at radius 1 is 1.03 bits per heavy atom. The van der Waals surface area contributed by atoms with E-state index in [0.29, 0.717) is 22.5 Å². The number of piperidine rings is 1. The van der Waals surface area contributed by atoms with Gasteiger partial charge in [-0.3, -0.25) is 4.90 Å². The quantitative estimate of drug-likeness (QED) is 0.320. The minimum absolute atomic E-state index is 0.0658. The number of nitrogens with zero attached hydrogens (tertiary/aromatic N) is 4. The molecular formula is C27H25FN4O2S. The van der Waals surface area contributed by atoms with Crippen molar-refractivity contribution >= 4 is 16.3 Å². The number of hydrogen-bond donors (Lipinski definition) is 1. The van der Waals surface area contributed by atoms with Crippen LogP contribution in [0.2, 0.25) is 0 Å². The maximum atomic E-state index is 13.7. The molecule has 1 fully saturated rings. The average Bonchev–Trinajstić information content (AvgIpc) is 3.61. The van der Waals surface area contributed by atoms with Gasteiger partial charge in [-0.25, -0.2) is 4.39 Å². The molecule has 1 aliphatic rings. The van der Waals surface area contributed by atoms with Crippen LogP contribution in [-0.4, -0.2) is 37.7 Å². The van der Waals surface area contributed by atoms with Crippen LogP contribution in [0.3, 0.4) is 0 Å². The predicted octanol–water partition coefficient (Wildman–Crippen LogP) is 5.94. The molecule has 3 aromatic heterocycles. The molecule has 0 spiro atoms. The van der Waals surface area contributed by atoms with Gasteiger partial charge in [-0.2, -0.15) is 9.50 Å². The highest BCUT2D eigenvalue weighted by Gasteiger charge is 2.32. The van der Waals surface area contributed by atoms with Crippen LogP contribution < -0.4 is 0 Å². The van der Waals surface area contributed by atoms with Gasteiger partial charge in [0.25, 0.3) is 0 Å². The minimum Gasteiger partial charge on any atom is -0.492 e. The fourth-order valence-corrected chi connectivity index (χ4v) is 6.09. The average molecular weight is 489 g/mol. The van der Waals surface area contributed by atoms with Crippen molar-refractivity contribution in [2.45, 2.75) is 25.3 Å². The number of thiazole rings is 1. The van der Waals surface area contributed by atoms with E-state index >= 15 is 0 Å². The largest absolute Gasteiger partial charge is 0.492 e. The van der Waals surface area contributed by atoms with Gasteiger partial charge in [0.15, 0.2) is 5.76 Å². The van der Waals surface area contributed by atoms with Gasteiger partial charge < -0.3 is 9.52 Å². The molecule has 0 bridgehead atoms. The van der Waals surface area contributed by atoms with E-state index in [-0.39, 0.29) is 17.7 Å². The van der Waals surface area contributed by atoms with Crippen molar-refractivity contribution in [3.63, 3.8) is 0 Å². The lowest BCUT2D eigenvalue weighted by Crippen LogP contribution is -2.37. The Bertz CT molecular complexity index is 1410. The highest BCUT2D eigenvalue weighted by Crippen LogP contribution is 2.42. The molecule has 0 saturated carbocycles. The molecule has 1 N–H and O–H groups in total. The van der Waals surface area contributed by atoms with E-state index in [2.05, 4.69) is 45.3 Å². The van der Waals surface area contributed by atoms with Gasteiger partial charge in [-0.15, -0.1) is 5.10 Å². The van der Waals surface area contributed by atoms with Gasteiger partial charge in [-0.05, 0) is 73.7 Å². The van der Waals surface area contributed by atoms with Gasteiger partial charge in [0, 0.05) is 0 Å². The van der Waals surface area contributed by atoms with Crippen molar-refractivity contribution in [2.75, 3.05) is 13.1 Å². The number of rotatable bonds is 6. The third-order valence-electron chi connectivity index (χ3n) is 6.76. The first kappa shape index (κ1) is 22.0. The number of hydrogen-bond acceptors (Lipinski definition) is 6. The van der Waals surface area contributed by atoms with Crippen LogP contribution in [0.5, 0.6) is 5.88 Å². The van der Waals surface area contributed by atoms with E-state index in [4.69, 9.17) is 4.42 Å².